The van der Waals surface area contributed by atoms with Crippen molar-refractivity contribution in [3.05, 3.63) is 72.3 Å². The van der Waals surface area contributed by atoms with Gasteiger partial charge in [-0.2, -0.15) is 0 Å². The number of aliphatic imine (C=N–C) groups is 1. The van der Waals surface area contributed by atoms with Crippen LogP contribution in [0.4, 0.5) is 11.4 Å². The van der Waals surface area contributed by atoms with Crippen molar-refractivity contribution in [1.29, 1.82) is 0 Å². The Labute approximate surface area is 149 Å². The summed E-state index contributed by atoms with van der Waals surface area (Å²) in [5.41, 5.74) is 8.73. The number of nitrogens with zero attached hydrogens (tertiary/aromatic N) is 3. The summed E-state index contributed by atoms with van der Waals surface area (Å²) in [7, 11) is 1.88. The lowest BCUT2D eigenvalue weighted by Crippen LogP contribution is -2.31. The van der Waals surface area contributed by atoms with Crippen LogP contribution in [-0.4, -0.2) is 18.0 Å². The molecule has 0 unspecified atom stereocenters. The number of nitrogens with two attached hydrogens (primary N) is 1. The van der Waals surface area contributed by atoms with E-state index < -0.39 is 0 Å². The van der Waals surface area contributed by atoms with Gasteiger partial charge in [-0.25, -0.2) is 10.1 Å². The highest BCUT2D eigenvalue weighted by Gasteiger charge is 2.17. The third-order valence-corrected chi connectivity index (χ3v) is 4.04. The Kier molecular flexibility index (Phi) is 6.19. The van der Waals surface area contributed by atoms with Crippen LogP contribution in [0.1, 0.15) is 20.8 Å². The van der Waals surface area contributed by atoms with Gasteiger partial charge in [-0.1, -0.05) is 50.2 Å². The van der Waals surface area contributed by atoms with Crippen LogP contribution in [0.15, 0.2) is 77.3 Å². The minimum Gasteiger partial charge on any atom is -0.380 e. The highest BCUT2D eigenvalue weighted by Crippen LogP contribution is 2.23. The molecule has 0 aliphatic carbocycles. The summed E-state index contributed by atoms with van der Waals surface area (Å²) in [6.07, 6.45) is 0. The quantitative estimate of drug-likeness (QED) is 0.611. The molecular weight excluding hydrogens is 312 g/mol. The molecule has 0 atom stereocenters. The van der Waals surface area contributed by atoms with E-state index in [1.807, 2.05) is 67.4 Å². The average Bonchev–Trinajstić information content (AvgIpc) is 2.65. The highest BCUT2D eigenvalue weighted by atomic mass is 16.5. The van der Waals surface area contributed by atoms with Crippen LogP contribution in [-0.2, 0) is 0 Å². The largest absolute Gasteiger partial charge is 0.380 e. The maximum atomic E-state index is 10.6. The fourth-order valence-electron chi connectivity index (χ4n) is 2.18. The summed E-state index contributed by atoms with van der Waals surface area (Å²) in [4.78, 5) is 6.56. The minimum atomic E-state index is 0.164. The Hall–Kier alpha value is -2.79. The molecule has 0 aliphatic heterocycles. The predicted molar refractivity (Wildman–Crippen MR) is 105 cm³/mol. The second-order valence-corrected chi connectivity index (χ2v) is 6.16. The third-order valence-electron chi connectivity index (χ3n) is 4.04. The maximum Gasteiger partial charge on any atom is 0.176 e. The van der Waals surface area contributed by atoms with Gasteiger partial charge in [-0.3, -0.25) is 5.21 Å². The van der Waals surface area contributed by atoms with Gasteiger partial charge in [0.2, 0.25) is 0 Å². The SMILES string of the molecule is CC(=N/C(=C(\N)N(O)c1ccccc1)N(C)c1ccccc1)C(C)C. The maximum absolute atomic E-state index is 10.6. The highest BCUT2D eigenvalue weighted by molar-refractivity contribution is 5.85. The first-order valence-corrected chi connectivity index (χ1v) is 8.29. The zero-order valence-corrected chi connectivity index (χ0v) is 15.2. The molecule has 0 spiro atoms. The molecule has 2 rings (SSSR count). The normalized spacial score (nSPS) is 12.8. The van der Waals surface area contributed by atoms with Gasteiger partial charge in [0.1, 0.15) is 0 Å². The van der Waals surface area contributed by atoms with Crippen molar-refractivity contribution in [2.45, 2.75) is 20.8 Å². The van der Waals surface area contributed by atoms with Gasteiger partial charge in [-0.15, -0.1) is 0 Å². The third kappa shape index (κ3) is 4.61. The first-order valence-electron chi connectivity index (χ1n) is 8.29. The molecule has 0 aromatic heterocycles. The van der Waals surface area contributed by atoms with E-state index in [4.69, 9.17) is 10.7 Å². The molecule has 2 aromatic carbocycles. The van der Waals surface area contributed by atoms with Crippen molar-refractivity contribution in [3.63, 3.8) is 0 Å². The first-order chi connectivity index (χ1) is 11.9. The Morgan fingerprint density at radius 2 is 1.44 bits per heavy atom. The van der Waals surface area contributed by atoms with Gasteiger partial charge in [-0.05, 0) is 37.1 Å². The van der Waals surface area contributed by atoms with Crippen LogP contribution in [0.3, 0.4) is 0 Å². The Morgan fingerprint density at radius 1 is 0.960 bits per heavy atom. The van der Waals surface area contributed by atoms with E-state index in [2.05, 4.69) is 13.8 Å². The average molecular weight is 338 g/mol. The summed E-state index contributed by atoms with van der Waals surface area (Å²) >= 11 is 0. The summed E-state index contributed by atoms with van der Waals surface area (Å²) in [5.74, 6) is 0.928. The first kappa shape index (κ1) is 18.5. The van der Waals surface area contributed by atoms with E-state index in [9.17, 15) is 5.21 Å². The number of anilines is 2. The molecule has 5 nitrogen and oxygen atoms in total. The van der Waals surface area contributed by atoms with E-state index in [0.717, 1.165) is 16.5 Å². The Bertz CT molecular complexity index is 739. The van der Waals surface area contributed by atoms with E-state index in [1.165, 1.54) is 0 Å². The molecule has 5 heteroatoms. The molecule has 2 aromatic rings. The Balaban J connectivity index is 2.51. The summed E-state index contributed by atoms with van der Waals surface area (Å²) in [5, 5.41) is 11.5. The predicted octanol–water partition coefficient (Wildman–Crippen LogP) is 4.22. The van der Waals surface area contributed by atoms with Crippen LogP contribution in [0.25, 0.3) is 0 Å². The van der Waals surface area contributed by atoms with Crippen LogP contribution >= 0.6 is 0 Å². The molecule has 0 saturated carbocycles. The molecule has 0 amide bonds. The standard InChI is InChI=1S/C20H26N4O/c1-15(2)16(3)22-20(23(4)17-11-7-5-8-12-17)19(21)24(25)18-13-9-6-10-14-18/h5-15,25H,21H2,1-4H3/b20-19-,22-16?. The molecule has 0 saturated heterocycles. The Morgan fingerprint density at radius 3 is 1.92 bits per heavy atom. The van der Waals surface area contributed by atoms with Gasteiger partial charge in [0.15, 0.2) is 11.6 Å². The number of hydroxylamine groups is 1. The van der Waals surface area contributed by atoms with E-state index >= 15 is 0 Å². The van der Waals surface area contributed by atoms with Crippen molar-refractivity contribution in [1.82, 2.24) is 0 Å². The summed E-state index contributed by atoms with van der Waals surface area (Å²) in [6.45, 7) is 6.10. The van der Waals surface area contributed by atoms with Crippen molar-refractivity contribution < 1.29 is 5.21 Å². The zero-order chi connectivity index (χ0) is 18.4. The molecular formula is C20H26N4O. The lowest BCUT2D eigenvalue weighted by Gasteiger charge is -2.26. The number of rotatable bonds is 6. The lowest BCUT2D eigenvalue weighted by molar-refractivity contribution is 0.280. The summed E-state index contributed by atoms with van der Waals surface area (Å²) < 4.78 is 0. The van der Waals surface area contributed by atoms with E-state index in [-0.39, 0.29) is 11.7 Å². The van der Waals surface area contributed by atoms with E-state index in [1.54, 1.807) is 12.1 Å². The molecule has 3 N–H and O–H groups in total. The molecule has 0 aliphatic rings. The minimum absolute atomic E-state index is 0.164. The molecule has 0 bridgehead atoms. The number of para-hydroxylation sites is 2. The molecule has 0 heterocycles. The summed E-state index contributed by atoms with van der Waals surface area (Å²) in [6, 6.07) is 18.9. The lowest BCUT2D eigenvalue weighted by atomic mass is 10.1. The van der Waals surface area contributed by atoms with E-state index in [0.29, 0.717) is 11.5 Å². The van der Waals surface area contributed by atoms with Crippen LogP contribution in [0, 0.1) is 5.92 Å². The van der Waals surface area contributed by atoms with Gasteiger partial charge in [0.05, 0.1) is 5.69 Å². The van der Waals surface area contributed by atoms with Crippen LogP contribution in [0.2, 0.25) is 0 Å². The van der Waals surface area contributed by atoms with Crippen molar-refractivity contribution in [2.75, 3.05) is 17.0 Å². The van der Waals surface area contributed by atoms with Gasteiger partial charge < -0.3 is 10.6 Å². The van der Waals surface area contributed by atoms with Crippen LogP contribution in [0.5, 0.6) is 0 Å². The van der Waals surface area contributed by atoms with Gasteiger partial charge >= 0.3 is 0 Å². The van der Waals surface area contributed by atoms with Crippen LogP contribution < -0.4 is 15.7 Å². The molecule has 0 radical (unpaired) electrons. The van der Waals surface area contributed by atoms with Crippen molar-refractivity contribution >= 4 is 17.1 Å². The number of benzene rings is 2. The van der Waals surface area contributed by atoms with Crippen molar-refractivity contribution in [2.24, 2.45) is 16.6 Å². The van der Waals surface area contributed by atoms with Crippen molar-refractivity contribution in [3.8, 4) is 0 Å². The van der Waals surface area contributed by atoms with Gasteiger partial charge in [0, 0.05) is 18.4 Å². The smallest absolute Gasteiger partial charge is 0.176 e. The fraction of sp³-hybridized carbons (Fsp3) is 0.250. The number of hydrogen-bond acceptors (Lipinski definition) is 5. The molecule has 25 heavy (non-hydrogen) atoms. The second kappa shape index (κ2) is 8.35. The monoisotopic (exact) mass is 338 g/mol. The number of hydrogen-bond donors (Lipinski definition) is 2. The zero-order valence-electron chi connectivity index (χ0n) is 15.2. The molecule has 0 fully saturated rings. The molecule has 132 valence electrons. The second-order valence-electron chi connectivity index (χ2n) is 6.16. The topological polar surface area (TPSA) is 65.1 Å². The fourth-order valence-corrected chi connectivity index (χ4v) is 2.18. The van der Waals surface area contributed by atoms with Gasteiger partial charge in [0.25, 0.3) is 0 Å².